The Labute approximate surface area is 132 Å². The molecule has 1 aromatic rings. The quantitative estimate of drug-likeness (QED) is 0.488. The van der Waals surface area contributed by atoms with Gasteiger partial charge in [-0.3, -0.25) is 0 Å². The molecule has 100 valence electrons. The Hall–Kier alpha value is 0.0500. The summed E-state index contributed by atoms with van der Waals surface area (Å²) in [6, 6.07) is 8.10. The van der Waals surface area contributed by atoms with Crippen LogP contribution in [0.25, 0.3) is 0 Å². The molecule has 0 aliphatic rings. The largest absolute Gasteiger partial charge is 0.449 e. The van der Waals surface area contributed by atoms with Crippen LogP contribution in [0.15, 0.2) is 28.7 Å². The van der Waals surface area contributed by atoms with Crippen molar-refractivity contribution in [2.75, 3.05) is 26.0 Å². The third-order valence-electron chi connectivity index (χ3n) is 2.32. The molecule has 0 heterocycles. The number of likely N-dealkylation sites (N-methyl/N-ethyl adjacent to an activating group) is 1. The van der Waals surface area contributed by atoms with E-state index in [-0.39, 0.29) is 6.09 Å². The molecule has 0 N–H and O–H groups in total. The molecule has 0 spiro atoms. The van der Waals surface area contributed by atoms with Gasteiger partial charge in [0.2, 0.25) is 0 Å². The number of benzene rings is 1. The second-order valence-corrected chi connectivity index (χ2v) is 7.14. The number of rotatable bonds is 6. The smallest absolute Gasteiger partial charge is 0.409 e. The number of carbonyl (C=O) groups is 1. The number of ether oxygens (including phenoxy) is 1. The molecule has 1 aromatic carbocycles. The summed E-state index contributed by atoms with van der Waals surface area (Å²) in [7, 11) is 3.40. The van der Waals surface area contributed by atoms with Crippen LogP contribution >= 0.6 is 46.1 Å². The predicted octanol–water partition coefficient (Wildman–Crippen LogP) is 4.14. The first-order valence-corrected chi connectivity index (χ1v) is 9.81. The van der Waals surface area contributed by atoms with Gasteiger partial charge in [-0.15, -0.1) is 0 Å². The SMILES string of the molecule is CN(CCc1cccc(Br)c1)C(=O)OCCSI. The van der Waals surface area contributed by atoms with Crippen molar-refractivity contribution in [3.63, 3.8) is 0 Å². The molecule has 3 nitrogen and oxygen atoms in total. The lowest BCUT2D eigenvalue weighted by Gasteiger charge is -2.16. The highest BCUT2D eigenvalue weighted by Crippen LogP contribution is 2.12. The molecule has 0 radical (unpaired) electrons. The van der Waals surface area contributed by atoms with Crippen molar-refractivity contribution < 1.29 is 9.53 Å². The third kappa shape index (κ3) is 6.29. The molecule has 0 fully saturated rings. The van der Waals surface area contributed by atoms with Crippen molar-refractivity contribution in [1.29, 1.82) is 0 Å². The average molecular weight is 444 g/mol. The van der Waals surface area contributed by atoms with Gasteiger partial charge in [-0.1, -0.05) is 37.0 Å². The lowest BCUT2D eigenvalue weighted by Crippen LogP contribution is -2.30. The minimum atomic E-state index is -0.254. The van der Waals surface area contributed by atoms with Crippen LogP contribution < -0.4 is 0 Å². The van der Waals surface area contributed by atoms with E-state index in [0.717, 1.165) is 16.6 Å². The van der Waals surface area contributed by atoms with E-state index in [4.69, 9.17) is 4.74 Å². The van der Waals surface area contributed by atoms with Crippen LogP contribution in [0, 0.1) is 0 Å². The topological polar surface area (TPSA) is 29.5 Å². The van der Waals surface area contributed by atoms with Crippen LogP contribution in [-0.4, -0.2) is 36.9 Å². The first kappa shape index (κ1) is 16.1. The third-order valence-corrected chi connectivity index (χ3v) is 4.46. The first-order chi connectivity index (χ1) is 8.63. The van der Waals surface area contributed by atoms with Crippen LogP contribution in [0.2, 0.25) is 0 Å². The van der Waals surface area contributed by atoms with Crippen molar-refractivity contribution in [2.45, 2.75) is 6.42 Å². The van der Waals surface area contributed by atoms with Crippen molar-refractivity contribution in [3.05, 3.63) is 34.3 Å². The van der Waals surface area contributed by atoms with Crippen LogP contribution in [0.4, 0.5) is 4.79 Å². The zero-order chi connectivity index (χ0) is 13.4. The summed E-state index contributed by atoms with van der Waals surface area (Å²) in [5.41, 5.74) is 1.20. The Morgan fingerprint density at radius 1 is 1.56 bits per heavy atom. The van der Waals surface area contributed by atoms with E-state index in [1.165, 1.54) is 5.56 Å². The fraction of sp³-hybridized carbons (Fsp3) is 0.417. The predicted molar refractivity (Wildman–Crippen MR) is 88.3 cm³/mol. The molecule has 6 heteroatoms. The normalized spacial score (nSPS) is 10.2. The molecule has 18 heavy (non-hydrogen) atoms. The molecule has 0 aromatic heterocycles. The Bertz CT molecular complexity index is 392. The monoisotopic (exact) mass is 443 g/mol. The molecular weight excluding hydrogens is 429 g/mol. The van der Waals surface area contributed by atoms with Gasteiger partial charge in [0.25, 0.3) is 0 Å². The van der Waals surface area contributed by atoms with Gasteiger partial charge >= 0.3 is 6.09 Å². The van der Waals surface area contributed by atoms with E-state index in [2.05, 4.69) is 49.3 Å². The fourth-order valence-electron chi connectivity index (χ4n) is 1.35. The molecule has 1 amide bonds. The van der Waals surface area contributed by atoms with E-state index < -0.39 is 0 Å². The first-order valence-electron chi connectivity index (χ1n) is 5.49. The fourth-order valence-corrected chi connectivity index (χ4v) is 2.48. The van der Waals surface area contributed by atoms with Crippen LogP contribution in [0.1, 0.15) is 5.56 Å². The molecular formula is C12H15BrINO2S. The van der Waals surface area contributed by atoms with Crippen LogP contribution in [-0.2, 0) is 11.2 Å². The van der Waals surface area contributed by atoms with Crippen molar-refractivity contribution in [3.8, 4) is 0 Å². The molecule has 0 saturated heterocycles. The summed E-state index contributed by atoms with van der Waals surface area (Å²) in [6.07, 6.45) is 0.571. The van der Waals surface area contributed by atoms with Gasteiger partial charge in [-0.05, 0) is 45.3 Å². The summed E-state index contributed by atoms with van der Waals surface area (Å²) in [5.74, 6) is 0.825. The minimum absolute atomic E-state index is 0.254. The van der Waals surface area contributed by atoms with Crippen molar-refractivity contribution in [2.24, 2.45) is 0 Å². The standard InChI is InChI=1S/C12H15BrINO2S/c1-15(12(16)17-7-8-18-14)6-5-10-3-2-4-11(13)9-10/h2-4,9H,5-8H2,1H3. The number of hydrogen-bond acceptors (Lipinski definition) is 3. The zero-order valence-electron chi connectivity index (χ0n) is 10.1. The Morgan fingerprint density at radius 2 is 2.33 bits per heavy atom. The van der Waals surface area contributed by atoms with Gasteiger partial charge in [0.05, 0.1) is 0 Å². The molecule has 0 bridgehead atoms. The number of amides is 1. The summed E-state index contributed by atoms with van der Waals surface area (Å²) in [4.78, 5) is 13.2. The molecule has 0 saturated carbocycles. The maximum absolute atomic E-state index is 11.6. The second-order valence-electron chi connectivity index (χ2n) is 3.73. The van der Waals surface area contributed by atoms with E-state index in [9.17, 15) is 4.79 Å². The highest BCUT2D eigenvalue weighted by atomic mass is 127. The second kappa shape index (κ2) is 9.03. The number of carbonyl (C=O) groups excluding carboxylic acids is 1. The number of nitrogens with zero attached hydrogens (tertiary/aromatic N) is 1. The van der Waals surface area contributed by atoms with Crippen LogP contribution in [0.5, 0.6) is 0 Å². The summed E-state index contributed by atoms with van der Waals surface area (Å²) < 4.78 is 6.17. The molecule has 0 aliphatic heterocycles. The zero-order valence-corrected chi connectivity index (χ0v) is 14.6. The van der Waals surface area contributed by atoms with Crippen molar-refractivity contribution >= 4 is 52.2 Å². The van der Waals surface area contributed by atoms with Gasteiger partial charge in [0.1, 0.15) is 6.61 Å². The molecule has 1 rings (SSSR count). The van der Waals surface area contributed by atoms with E-state index >= 15 is 0 Å². The molecule has 0 atom stereocenters. The van der Waals surface area contributed by atoms with Crippen molar-refractivity contribution in [1.82, 2.24) is 4.90 Å². The highest BCUT2D eigenvalue weighted by molar-refractivity contribution is 14.2. The molecule has 0 aliphatic carbocycles. The average Bonchev–Trinajstić information content (AvgIpc) is 2.36. The van der Waals surface area contributed by atoms with Gasteiger partial charge in [0, 0.05) is 23.8 Å². The van der Waals surface area contributed by atoms with Gasteiger partial charge in [-0.2, -0.15) is 0 Å². The number of hydrogen-bond donors (Lipinski definition) is 0. The number of halogens is 2. The summed E-state index contributed by atoms with van der Waals surface area (Å²) in [5, 5.41) is 0. The lowest BCUT2D eigenvalue weighted by molar-refractivity contribution is 0.117. The Morgan fingerprint density at radius 3 is 3.00 bits per heavy atom. The van der Waals surface area contributed by atoms with Crippen LogP contribution in [0.3, 0.4) is 0 Å². The maximum atomic E-state index is 11.6. The summed E-state index contributed by atoms with van der Waals surface area (Å²) >= 11 is 5.62. The Kier molecular flexibility index (Phi) is 8.08. The van der Waals surface area contributed by atoms with E-state index in [1.54, 1.807) is 20.9 Å². The minimum Gasteiger partial charge on any atom is -0.449 e. The molecule has 0 unspecified atom stereocenters. The van der Waals surface area contributed by atoms with E-state index in [1.807, 2.05) is 12.1 Å². The Balaban J connectivity index is 2.32. The van der Waals surface area contributed by atoms with Gasteiger partial charge in [0.15, 0.2) is 0 Å². The van der Waals surface area contributed by atoms with Gasteiger partial charge in [-0.25, -0.2) is 4.79 Å². The highest BCUT2D eigenvalue weighted by Gasteiger charge is 2.09. The maximum Gasteiger partial charge on any atom is 0.409 e. The lowest BCUT2D eigenvalue weighted by atomic mass is 10.1. The summed E-state index contributed by atoms with van der Waals surface area (Å²) in [6.45, 7) is 1.13. The van der Waals surface area contributed by atoms with E-state index in [0.29, 0.717) is 13.2 Å². The van der Waals surface area contributed by atoms with Gasteiger partial charge < -0.3 is 9.64 Å².